The van der Waals surface area contributed by atoms with Crippen LogP contribution in [0.1, 0.15) is 19.4 Å². The summed E-state index contributed by atoms with van der Waals surface area (Å²) in [4.78, 5) is 38.6. The summed E-state index contributed by atoms with van der Waals surface area (Å²) in [5.74, 6) is -0.522. The second-order valence-corrected chi connectivity index (χ2v) is 8.18. The van der Waals surface area contributed by atoms with Crippen LogP contribution < -0.4 is 19.7 Å². The zero-order valence-electron chi connectivity index (χ0n) is 16.4. The number of urea groups is 1. The van der Waals surface area contributed by atoms with Gasteiger partial charge in [-0.15, -0.1) is 0 Å². The van der Waals surface area contributed by atoms with Gasteiger partial charge in [0.05, 0.1) is 27.5 Å². The molecule has 1 fully saturated rings. The Bertz CT molecular complexity index is 1070. The van der Waals surface area contributed by atoms with E-state index in [9.17, 15) is 14.4 Å². The molecule has 0 unspecified atom stereocenters. The van der Waals surface area contributed by atoms with Crippen molar-refractivity contribution in [3.8, 4) is 11.5 Å². The van der Waals surface area contributed by atoms with Crippen LogP contribution in [0.15, 0.2) is 42.0 Å². The number of rotatable bonds is 5. The van der Waals surface area contributed by atoms with Gasteiger partial charge in [0.1, 0.15) is 5.57 Å². The zero-order chi connectivity index (χ0) is 22.0. The smallest absolute Gasteiger partial charge is 0.335 e. The van der Waals surface area contributed by atoms with Crippen LogP contribution in [0.2, 0.25) is 5.02 Å². The van der Waals surface area contributed by atoms with Crippen molar-refractivity contribution in [2.75, 3.05) is 12.0 Å². The van der Waals surface area contributed by atoms with Crippen molar-refractivity contribution in [3.63, 3.8) is 0 Å². The van der Waals surface area contributed by atoms with Crippen molar-refractivity contribution in [2.45, 2.75) is 20.0 Å². The molecule has 2 aromatic rings. The van der Waals surface area contributed by atoms with Gasteiger partial charge in [0.2, 0.25) is 0 Å². The van der Waals surface area contributed by atoms with E-state index >= 15 is 0 Å². The van der Waals surface area contributed by atoms with Gasteiger partial charge in [-0.2, -0.15) is 0 Å². The third kappa shape index (κ3) is 4.44. The molecular weight excluding hydrogens is 523 g/mol. The second kappa shape index (κ2) is 9.05. The number of amides is 4. The molecule has 2 aromatic carbocycles. The maximum absolute atomic E-state index is 13.0. The fourth-order valence-corrected chi connectivity index (χ4v) is 3.82. The van der Waals surface area contributed by atoms with Crippen LogP contribution in [0.3, 0.4) is 0 Å². The number of nitrogens with one attached hydrogen (secondary N) is 1. The maximum atomic E-state index is 13.0. The SMILES string of the molecule is COc1cc(/C=C2\C(=O)NC(=O)N(c3ccccc3Cl)C2=O)cc(I)c1OC(C)C. The van der Waals surface area contributed by atoms with E-state index in [1.807, 2.05) is 13.8 Å². The number of benzene rings is 2. The molecule has 0 saturated carbocycles. The minimum absolute atomic E-state index is 0.0579. The van der Waals surface area contributed by atoms with Crippen molar-refractivity contribution in [1.82, 2.24) is 5.32 Å². The Hall–Kier alpha value is -2.59. The van der Waals surface area contributed by atoms with Crippen LogP contribution in [-0.4, -0.2) is 31.1 Å². The van der Waals surface area contributed by atoms with Crippen LogP contribution in [0, 0.1) is 3.57 Å². The Labute approximate surface area is 192 Å². The van der Waals surface area contributed by atoms with E-state index in [4.69, 9.17) is 21.1 Å². The third-order valence-electron chi connectivity index (χ3n) is 4.11. The molecule has 0 radical (unpaired) electrons. The molecule has 0 atom stereocenters. The number of hydrogen-bond acceptors (Lipinski definition) is 5. The summed E-state index contributed by atoms with van der Waals surface area (Å²) < 4.78 is 11.9. The van der Waals surface area contributed by atoms with Crippen LogP contribution in [-0.2, 0) is 9.59 Å². The lowest BCUT2D eigenvalue weighted by atomic mass is 10.1. The number of anilines is 1. The number of carbonyl (C=O) groups is 3. The molecule has 1 saturated heterocycles. The van der Waals surface area contributed by atoms with E-state index in [0.717, 1.165) is 8.47 Å². The number of ether oxygens (including phenoxy) is 2. The Kier molecular flexibility index (Phi) is 6.67. The van der Waals surface area contributed by atoms with E-state index < -0.39 is 17.8 Å². The molecule has 7 nitrogen and oxygen atoms in total. The molecule has 0 bridgehead atoms. The molecule has 0 aliphatic carbocycles. The lowest BCUT2D eigenvalue weighted by molar-refractivity contribution is -0.122. The number of hydrogen-bond donors (Lipinski definition) is 1. The first-order valence-electron chi connectivity index (χ1n) is 8.93. The molecule has 0 aromatic heterocycles. The molecule has 1 N–H and O–H groups in total. The Morgan fingerprint density at radius 1 is 1.17 bits per heavy atom. The van der Waals surface area contributed by atoms with Gasteiger partial charge in [-0.1, -0.05) is 23.7 Å². The first-order valence-corrected chi connectivity index (χ1v) is 10.4. The van der Waals surface area contributed by atoms with E-state index in [-0.39, 0.29) is 22.4 Å². The van der Waals surface area contributed by atoms with Crippen molar-refractivity contribution < 1.29 is 23.9 Å². The fourth-order valence-electron chi connectivity index (χ4n) is 2.85. The Morgan fingerprint density at radius 3 is 2.50 bits per heavy atom. The monoisotopic (exact) mass is 540 g/mol. The summed E-state index contributed by atoms with van der Waals surface area (Å²) in [5.41, 5.74) is 0.525. The number of imide groups is 2. The first-order chi connectivity index (χ1) is 14.2. The van der Waals surface area contributed by atoms with E-state index in [1.165, 1.54) is 19.3 Å². The summed E-state index contributed by atoms with van der Waals surface area (Å²) in [6.45, 7) is 3.80. The zero-order valence-corrected chi connectivity index (χ0v) is 19.3. The van der Waals surface area contributed by atoms with E-state index in [1.54, 1.807) is 30.3 Å². The van der Waals surface area contributed by atoms with Crippen molar-refractivity contribution in [1.29, 1.82) is 0 Å². The molecular formula is C21H18ClIN2O5. The molecule has 30 heavy (non-hydrogen) atoms. The summed E-state index contributed by atoms with van der Waals surface area (Å²) in [6, 6.07) is 8.95. The van der Waals surface area contributed by atoms with Gasteiger partial charge in [0.15, 0.2) is 11.5 Å². The quantitative estimate of drug-likeness (QED) is 0.345. The standard InChI is InChI=1S/C21H18ClIN2O5/c1-11(2)30-18-15(23)9-12(10-17(18)29-3)8-13-19(26)24-21(28)25(20(13)27)16-7-5-4-6-14(16)22/h4-11H,1-3H3,(H,24,26,28)/b13-8+. The van der Waals surface area contributed by atoms with Gasteiger partial charge in [-0.3, -0.25) is 14.9 Å². The third-order valence-corrected chi connectivity index (χ3v) is 5.23. The van der Waals surface area contributed by atoms with E-state index in [2.05, 4.69) is 27.9 Å². The van der Waals surface area contributed by atoms with Crippen LogP contribution in [0.4, 0.5) is 10.5 Å². The van der Waals surface area contributed by atoms with Crippen LogP contribution in [0.5, 0.6) is 11.5 Å². The topological polar surface area (TPSA) is 84.9 Å². The summed E-state index contributed by atoms with van der Waals surface area (Å²) in [6.07, 6.45) is 1.34. The van der Waals surface area contributed by atoms with Gasteiger partial charge in [0.25, 0.3) is 11.8 Å². The van der Waals surface area contributed by atoms with Gasteiger partial charge in [0, 0.05) is 0 Å². The van der Waals surface area contributed by atoms with Gasteiger partial charge < -0.3 is 9.47 Å². The normalized spacial score (nSPS) is 15.6. The highest BCUT2D eigenvalue weighted by molar-refractivity contribution is 14.1. The predicted molar refractivity (Wildman–Crippen MR) is 122 cm³/mol. The highest BCUT2D eigenvalue weighted by Gasteiger charge is 2.37. The Morgan fingerprint density at radius 2 is 1.87 bits per heavy atom. The minimum Gasteiger partial charge on any atom is -0.493 e. The summed E-state index contributed by atoms with van der Waals surface area (Å²) >= 11 is 8.23. The number of barbiturate groups is 1. The number of nitrogens with zero attached hydrogens (tertiary/aromatic N) is 1. The highest BCUT2D eigenvalue weighted by Crippen LogP contribution is 2.36. The molecule has 3 rings (SSSR count). The van der Waals surface area contributed by atoms with Gasteiger partial charge >= 0.3 is 6.03 Å². The van der Waals surface area contributed by atoms with Crippen molar-refractivity contribution in [3.05, 3.63) is 56.1 Å². The van der Waals surface area contributed by atoms with Crippen molar-refractivity contribution in [2.24, 2.45) is 0 Å². The lowest BCUT2D eigenvalue weighted by Gasteiger charge is -2.27. The molecule has 156 valence electrons. The molecule has 1 aliphatic rings. The first kappa shape index (κ1) is 22.1. The van der Waals surface area contributed by atoms with Gasteiger partial charge in [-0.25, -0.2) is 9.69 Å². The van der Waals surface area contributed by atoms with Crippen LogP contribution >= 0.6 is 34.2 Å². The number of halogens is 2. The molecule has 0 spiro atoms. The average molecular weight is 541 g/mol. The maximum Gasteiger partial charge on any atom is 0.335 e. The largest absolute Gasteiger partial charge is 0.493 e. The number of carbonyl (C=O) groups excluding carboxylic acids is 3. The summed E-state index contributed by atoms with van der Waals surface area (Å²) in [5, 5.41) is 2.39. The second-order valence-electron chi connectivity index (χ2n) is 6.61. The van der Waals surface area contributed by atoms with Crippen molar-refractivity contribution >= 4 is 63.8 Å². The Balaban J connectivity index is 2.05. The van der Waals surface area contributed by atoms with Crippen LogP contribution in [0.25, 0.3) is 6.08 Å². The van der Waals surface area contributed by atoms with E-state index in [0.29, 0.717) is 17.1 Å². The molecule has 1 heterocycles. The molecule has 1 aliphatic heterocycles. The fraction of sp³-hybridized carbons (Fsp3) is 0.190. The summed E-state index contributed by atoms with van der Waals surface area (Å²) in [7, 11) is 1.51. The number of methoxy groups -OCH3 is 1. The molecule has 9 heteroatoms. The predicted octanol–water partition coefficient (Wildman–Crippen LogP) is 4.41. The average Bonchev–Trinajstić information content (AvgIpc) is 2.68. The lowest BCUT2D eigenvalue weighted by Crippen LogP contribution is -2.54. The highest BCUT2D eigenvalue weighted by atomic mass is 127. The number of para-hydroxylation sites is 1. The molecule has 4 amide bonds. The minimum atomic E-state index is -0.858. The van der Waals surface area contributed by atoms with Gasteiger partial charge in [-0.05, 0) is 72.3 Å².